The molecule has 1 saturated heterocycles. The van der Waals surface area contributed by atoms with Gasteiger partial charge in [-0.15, -0.1) is 6.42 Å². The molecular weight excluding hydrogens is 528 g/mol. The first-order valence-corrected chi connectivity index (χ1v) is 14.9. The van der Waals surface area contributed by atoms with E-state index >= 15 is 0 Å². The lowest BCUT2D eigenvalue weighted by Crippen LogP contribution is -2.57. The molecule has 2 fully saturated rings. The second kappa shape index (κ2) is 12.3. The number of allylic oxidation sites excluding steroid dienone is 1. The number of aromatic nitrogens is 2. The van der Waals surface area contributed by atoms with Crippen LogP contribution in [0.4, 0.5) is 5.69 Å². The second-order valence-electron chi connectivity index (χ2n) is 12.9. The van der Waals surface area contributed by atoms with Crippen molar-refractivity contribution in [2.45, 2.75) is 89.5 Å². The quantitative estimate of drug-likeness (QED) is 0.419. The molecule has 2 heterocycles. The number of rotatable bonds is 7. The van der Waals surface area contributed by atoms with E-state index in [1.165, 1.54) is 6.33 Å². The first-order valence-electron chi connectivity index (χ1n) is 14.9. The minimum atomic E-state index is -0.817. The standard InChI is InChI=1S/C34H42N4O4/c1-6-7-8-26-21(2)17-28(39)30(26)37-32(40)31(23-9-14-29-22(18-23)15-16-42-29)38(33(41)27-19-35-20-36-27)25-12-10-24(11-13-25)34(3,4)5/h1,7-8,10-13,19-20,22-23,28-31,39H,9,14-18H2,2-5H3,(H,35,36)(H,37,40)/b8-7-/t22?,23?,28-,29?,30+,31?/m0/s1. The van der Waals surface area contributed by atoms with Crippen molar-refractivity contribution in [2.75, 3.05) is 11.5 Å². The van der Waals surface area contributed by atoms with Gasteiger partial charge in [-0.3, -0.25) is 14.5 Å². The number of amides is 2. The molecule has 0 bridgehead atoms. The van der Waals surface area contributed by atoms with E-state index in [0.717, 1.165) is 49.0 Å². The number of aromatic amines is 1. The van der Waals surface area contributed by atoms with Crippen LogP contribution in [0, 0.1) is 24.2 Å². The number of H-pyrrole nitrogens is 1. The Morgan fingerprint density at radius 1 is 1.24 bits per heavy atom. The maximum Gasteiger partial charge on any atom is 0.279 e. The van der Waals surface area contributed by atoms with Crippen LogP contribution in [0.15, 0.2) is 60.1 Å². The molecule has 1 aromatic carbocycles. The summed E-state index contributed by atoms with van der Waals surface area (Å²) in [6.07, 6.45) is 15.0. The monoisotopic (exact) mass is 570 g/mol. The molecule has 6 atom stereocenters. The third kappa shape index (κ3) is 6.08. The van der Waals surface area contributed by atoms with Gasteiger partial charge in [0.05, 0.1) is 24.6 Å². The normalized spacial score (nSPS) is 26.6. The van der Waals surface area contributed by atoms with Gasteiger partial charge in [0, 0.05) is 18.5 Å². The number of ether oxygens (including phenoxy) is 1. The maximum absolute atomic E-state index is 14.5. The Hall–Kier alpha value is -3.67. The van der Waals surface area contributed by atoms with Crippen molar-refractivity contribution in [3.8, 4) is 12.3 Å². The number of carbonyl (C=O) groups is 2. The van der Waals surface area contributed by atoms with Crippen molar-refractivity contribution >= 4 is 17.5 Å². The summed E-state index contributed by atoms with van der Waals surface area (Å²) in [5, 5.41) is 14.1. The summed E-state index contributed by atoms with van der Waals surface area (Å²) >= 11 is 0. The van der Waals surface area contributed by atoms with E-state index in [9.17, 15) is 14.7 Å². The highest BCUT2D eigenvalue weighted by atomic mass is 16.5. The molecule has 8 nitrogen and oxygen atoms in total. The molecule has 0 spiro atoms. The van der Waals surface area contributed by atoms with Crippen LogP contribution in [0.2, 0.25) is 0 Å². The number of hydrogen-bond acceptors (Lipinski definition) is 5. The number of hydrogen-bond donors (Lipinski definition) is 3. The highest BCUT2D eigenvalue weighted by Gasteiger charge is 2.45. The number of carbonyl (C=O) groups excluding carboxylic acids is 2. The maximum atomic E-state index is 14.5. The summed E-state index contributed by atoms with van der Waals surface area (Å²) in [5.74, 6) is 2.09. The Bertz CT molecular complexity index is 1380. The van der Waals surface area contributed by atoms with E-state index in [2.05, 4.69) is 42.0 Å². The fourth-order valence-corrected chi connectivity index (χ4v) is 6.84. The van der Waals surface area contributed by atoms with Gasteiger partial charge in [-0.25, -0.2) is 4.98 Å². The molecule has 3 N–H and O–H groups in total. The van der Waals surface area contributed by atoms with Crippen molar-refractivity contribution in [3.63, 3.8) is 0 Å². The highest BCUT2D eigenvalue weighted by Crippen LogP contribution is 2.41. The molecule has 2 amide bonds. The van der Waals surface area contributed by atoms with E-state index < -0.39 is 18.2 Å². The fourth-order valence-electron chi connectivity index (χ4n) is 6.84. The lowest BCUT2D eigenvalue weighted by molar-refractivity contribution is -0.125. The van der Waals surface area contributed by atoms with Crippen molar-refractivity contribution in [3.05, 3.63) is 71.3 Å². The number of aliphatic hydroxyl groups is 1. The number of anilines is 1. The van der Waals surface area contributed by atoms with Crippen LogP contribution in [0.1, 0.15) is 75.9 Å². The number of aliphatic hydroxyl groups excluding tert-OH is 1. The molecule has 4 unspecified atom stereocenters. The van der Waals surface area contributed by atoms with Crippen LogP contribution < -0.4 is 10.2 Å². The number of terminal acetylenes is 1. The zero-order valence-electron chi connectivity index (χ0n) is 25.0. The van der Waals surface area contributed by atoms with Gasteiger partial charge in [0.2, 0.25) is 5.91 Å². The molecule has 2 aromatic rings. The fraction of sp³-hybridized carbons (Fsp3) is 0.500. The third-order valence-corrected chi connectivity index (χ3v) is 9.10. The summed E-state index contributed by atoms with van der Waals surface area (Å²) in [4.78, 5) is 37.5. The topological polar surface area (TPSA) is 108 Å². The number of imidazole rings is 1. The van der Waals surface area contributed by atoms with Crippen molar-refractivity contribution in [1.82, 2.24) is 15.3 Å². The Kier molecular flexibility index (Phi) is 8.72. The van der Waals surface area contributed by atoms with Crippen LogP contribution in [0.5, 0.6) is 0 Å². The van der Waals surface area contributed by atoms with Gasteiger partial charge in [0.1, 0.15) is 11.7 Å². The van der Waals surface area contributed by atoms with Gasteiger partial charge in [-0.05, 0) is 91.7 Å². The Morgan fingerprint density at radius 2 is 2.00 bits per heavy atom. The average Bonchev–Trinajstić information content (AvgIpc) is 3.71. The smallest absolute Gasteiger partial charge is 0.279 e. The van der Waals surface area contributed by atoms with Gasteiger partial charge in [-0.1, -0.05) is 44.4 Å². The molecule has 1 saturated carbocycles. The Morgan fingerprint density at radius 3 is 2.67 bits per heavy atom. The Labute approximate surface area is 248 Å². The molecule has 5 rings (SSSR count). The van der Waals surface area contributed by atoms with Crippen molar-refractivity contribution < 1.29 is 19.4 Å². The van der Waals surface area contributed by atoms with Crippen LogP contribution in [0.3, 0.4) is 0 Å². The Balaban J connectivity index is 1.56. The zero-order valence-corrected chi connectivity index (χ0v) is 25.0. The summed E-state index contributed by atoms with van der Waals surface area (Å²) in [7, 11) is 0. The summed E-state index contributed by atoms with van der Waals surface area (Å²) in [6.45, 7) is 9.09. The van der Waals surface area contributed by atoms with Gasteiger partial charge in [-0.2, -0.15) is 0 Å². The molecule has 8 heteroatoms. The first kappa shape index (κ1) is 29.8. The molecular formula is C34H42N4O4. The van der Waals surface area contributed by atoms with Crippen LogP contribution >= 0.6 is 0 Å². The summed E-state index contributed by atoms with van der Waals surface area (Å²) in [6, 6.07) is 6.44. The van der Waals surface area contributed by atoms with E-state index in [1.54, 1.807) is 23.2 Å². The number of nitrogens with zero attached hydrogens (tertiary/aromatic N) is 2. The lowest BCUT2D eigenvalue weighted by Gasteiger charge is -2.41. The number of fused-ring (bicyclic) bond motifs is 1. The molecule has 2 aliphatic carbocycles. The average molecular weight is 571 g/mol. The third-order valence-electron chi connectivity index (χ3n) is 9.10. The van der Waals surface area contributed by atoms with Gasteiger partial charge < -0.3 is 20.1 Å². The zero-order chi connectivity index (χ0) is 30.0. The SMILES string of the molecule is C#C/C=C\C1=C(C)C[C@H](O)[C@@H]1NC(=O)C(C1CCC2OCCC2C1)N(C(=O)c1c[nH]cn1)c1ccc(C(C)(C)C)cc1. The highest BCUT2D eigenvalue weighted by molar-refractivity contribution is 6.09. The van der Waals surface area contributed by atoms with E-state index in [1.807, 2.05) is 31.2 Å². The second-order valence-corrected chi connectivity index (χ2v) is 12.9. The summed E-state index contributed by atoms with van der Waals surface area (Å²) in [5.41, 5.74) is 3.70. The van der Waals surface area contributed by atoms with E-state index in [4.69, 9.17) is 11.2 Å². The van der Waals surface area contributed by atoms with Crippen molar-refractivity contribution in [2.24, 2.45) is 11.8 Å². The molecule has 1 aromatic heterocycles. The molecule has 0 radical (unpaired) electrons. The van der Waals surface area contributed by atoms with Gasteiger partial charge >= 0.3 is 0 Å². The van der Waals surface area contributed by atoms with E-state index in [0.29, 0.717) is 18.0 Å². The van der Waals surface area contributed by atoms with Crippen LogP contribution in [-0.4, -0.2) is 57.8 Å². The minimum Gasteiger partial charge on any atom is -0.390 e. The van der Waals surface area contributed by atoms with Gasteiger partial charge in [0.15, 0.2) is 0 Å². The predicted molar refractivity (Wildman–Crippen MR) is 163 cm³/mol. The molecule has 3 aliphatic rings. The molecule has 222 valence electrons. The van der Waals surface area contributed by atoms with Crippen molar-refractivity contribution in [1.29, 1.82) is 0 Å². The minimum absolute atomic E-state index is 0.0711. The first-order chi connectivity index (χ1) is 20.1. The number of nitrogens with one attached hydrogen (secondary N) is 2. The molecule has 1 aliphatic heterocycles. The summed E-state index contributed by atoms with van der Waals surface area (Å²) < 4.78 is 5.97. The van der Waals surface area contributed by atoms with Crippen LogP contribution in [-0.2, 0) is 14.9 Å². The molecule has 42 heavy (non-hydrogen) atoms. The largest absolute Gasteiger partial charge is 0.390 e. The lowest BCUT2D eigenvalue weighted by atomic mass is 9.75. The van der Waals surface area contributed by atoms with Crippen LogP contribution in [0.25, 0.3) is 0 Å². The predicted octanol–water partition coefficient (Wildman–Crippen LogP) is 4.68. The van der Waals surface area contributed by atoms with E-state index in [-0.39, 0.29) is 34.9 Å². The van der Waals surface area contributed by atoms with Gasteiger partial charge in [0.25, 0.3) is 5.91 Å². The number of benzene rings is 1.